The number of carbonyl (C=O) groups excluding carboxylic acids is 1. The molecule has 0 aliphatic carbocycles. The van der Waals surface area contributed by atoms with Gasteiger partial charge in [-0.2, -0.15) is 0 Å². The molecular weight excluding hydrogens is 198 g/mol. The van der Waals surface area contributed by atoms with Crippen molar-refractivity contribution in [2.75, 3.05) is 0 Å². The summed E-state index contributed by atoms with van der Waals surface area (Å²) >= 11 is 1.47. The van der Waals surface area contributed by atoms with Crippen LogP contribution in [0, 0.1) is 6.92 Å². The molecule has 0 saturated carbocycles. The quantitative estimate of drug-likeness (QED) is 0.561. The predicted octanol–water partition coefficient (Wildman–Crippen LogP) is 1.38. The van der Waals surface area contributed by atoms with E-state index in [9.17, 15) is 4.79 Å². The van der Waals surface area contributed by atoms with Gasteiger partial charge >= 0.3 is 0 Å². The van der Waals surface area contributed by atoms with Crippen molar-refractivity contribution in [1.29, 1.82) is 0 Å². The van der Waals surface area contributed by atoms with E-state index >= 15 is 0 Å². The fraction of sp³-hybridized carbons (Fsp3) is 0.100. The van der Waals surface area contributed by atoms with Crippen LogP contribution in [0.1, 0.15) is 5.01 Å². The number of carbonyl (C=O) groups is 1. The molecule has 0 aliphatic heterocycles. The van der Waals surface area contributed by atoms with Gasteiger partial charge in [0, 0.05) is 6.07 Å². The van der Waals surface area contributed by atoms with Gasteiger partial charge < -0.3 is 4.74 Å². The Morgan fingerprint density at radius 3 is 3.07 bits per heavy atom. The number of para-hydroxylation sites is 1. The minimum atomic E-state index is 0.166. The highest BCUT2D eigenvalue weighted by molar-refractivity contribution is 7.18. The minimum Gasteiger partial charge on any atom is -0.407 e. The summed E-state index contributed by atoms with van der Waals surface area (Å²) in [6.45, 7) is 6.36. The average molecular weight is 206 g/mol. The first kappa shape index (κ1) is 9.15. The molecule has 1 aromatic heterocycles. The highest BCUT2D eigenvalue weighted by Crippen LogP contribution is 2.18. The molecule has 2 radical (unpaired) electrons. The summed E-state index contributed by atoms with van der Waals surface area (Å²) in [5.41, 5.74) is 0.983. The number of benzene rings is 1. The molecule has 0 amide bonds. The van der Waals surface area contributed by atoms with Crippen LogP contribution >= 0.6 is 11.3 Å². The Balaban J connectivity index is 2.50. The number of thiazole rings is 1. The van der Waals surface area contributed by atoms with Gasteiger partial charge in [-0.05, 0) is 6.07 Å². The average Bonchev–Trinajstić information content (AvgIpc) is 2.51. The maximum atomic E-state index is 10.1. The Morgan fingerprint density at radius 1 is 1.50 bits per heavy atom. The lowest BCUT2D eigenvalue weighted by molar-refractivity contribution is -0.702. The Labute approximate surface area is 85.6 Å². The summed E-state index contributed by atoms with van der Waals surface area (Å²) in [5, 5.41) is 0.632. The molecule has 1 heterocycles. The lowest BCUT2D eigenvalue weighted by Gasteiger charge is -1.93. The molecule has 0 unspecified atom stereocenters. The van der Waals surface area contributed by atoms with Gasteiger partial charge in [-0.3, -0.25) is 4.79 Å². The molecule has 0 saturated heterocycles. The third-order valence-electron chi connectivity index (χ3n) is 1.91. The summed E-state index contributed by atoms with van der Waals surface area (Å²) in [7, 11) is 0. The van der Waals surface area contributed by atoms with Crippen LogP contribution in [0.3, 0.4) is 0 Å². The molecule has 0 atom stereocenters. The highest BCUT2D eigenvalue weighted by Gasteiger charge is 2.16. The summed E-state index contributed by atoms with van der Waals surface area (Å²) in [5.74, 6) is 0. The summed E-state index contributed by atoms with van der Waals surface area (Å²) in [6.07, 6.45) is 0. The zero-order valence-corrected chi connectivity index (χ0v) is 8.16. The van der Waals surface area contributed by atoms with E-state index in [2.05, 4.69) is 4.74 Å². The van der Waals surface area contributed by atoms with E-state index in [1.54, 1.807) is 4.57 Å². The van der Waals surface area contributed by atoms with Crippen molar-refractivity contribution in [3.05, 3.63) is 36.2 Å². The van der Waals surface area contributed by atoms with E-state index in [0.29, 0.717) is 11.5 Å². The SMILES string of the molecule is [CH]c1sc2ccccc2[n+]1COC=O. The van der Waals surface area contributed by atoms with E-state index in [-0.39, 0.29) is 6.73 Å². The van der Waals surface area contributed by atoms with E-state index in [0.717, 1.165) is 10.2 Å². The largest absolute Gasteiger partial charge is 0.407 e. The Morgan fingerprint density at radius 2 is 2.29 bits per heavy atom. The normalized spacial score (nSPS) is 10.4. The van der Waals surface area contributed by atoms with Gasteiger partial charge in [-0.15, -0.1) is 4.57 Å². The van der Waals surface area contributed by atoms with Crippen LogP contribution < -0.4 is 4.57 Å². The van der Waals surface area contributed by atoms with Gasteiger partial charge in [0.15, 0.2) is 0 Å². The van der Waals surface area contributed by atoms with Crippen LogP contribution in [0.4, 0.5) is 0 Å². The molecule has 0 N–H and O–H groups in total. The smallest absolute Gasteiger partial charge is 0.297 e. The molecule has 3 nitrogen and oxygen atoms in total. The van der Waals surface area contributed by atoms with E-state index in [1.165, 1.54) is 11.3 Å². The second-order valence-electron chi connectivity index (χ2n) is 2.73. The van der Waals surface area contributed by atoms with Crippen LogP contribution in [-0.4, -0.2) is 6.47 Å². The topological polar surface area (TPSA) is 30.2 Å². The molecule has 4 heteroatoms. The monoisotopic (exact) mass is 206 g/mol. The molecule has 70 valence electrons. The third kappa shape index (κ3) is 1.48. The first-order chi connectivity index (χ1) is 6.83. The highest BCUT2D eigenvalue weighted by atomic mass is 32.1. The van der Waals surface area contributed by atoms with Crippen molar-refractivity contribution in [1.82, 2.24) is 0 Å². The van der Waals surface area contributed by atoms with Gasteiger partial charge in [0.2, 0.25) is 10.5 Å². The molecule has 2 aromatic rings. The Bertz CT molecular complexity index is 464. The maximum Gasteiger partial charge on any atom is 0.297 e. The lowest BCUT2D eigenvalue weighted by atomic mass is 10.3. The number of rotatable bonds is 3. The molecular formula is C10H8NO2S+. The first-order valence-electron chi connectivity index (χ1n) is 4.05. The van der Waals surface area contributed by atoms with Gasteiger partial charge in [-0.1, -0.05) is 23.5 Å². The van der Waals surface area contributed by atoms with Gasteiger partial charge in [0.25, 0.3) is 13.2 Å². The number of fused-ring (bicyclic) bond motifs is 1. The van der Waals surface area contributed by atoms with Crippen molar-refractivity contribution < 1.29 is 14.1 Å². The van der Waals surface area contributed by atoms with Crippen molar-refractivity contribution >= 4 is 28.0 Å². The van der Waals surface area contributed by atoms with Crippen molar-refractivity contribution in [2.45, 2.75) is 6.73 Å². The Hall–Kier alpha value is -1.42. The van der Waals surface area contributed by atoms with Crippen LogP contribution in [0.15, 0.2) is 24.3 Å². The lowest BCUT2D eigenvalue weighted by Crippen LogP contribution is -2.36. The Kier molecular flexibility index (Phi) is 2.45. The first-order valence-corrected chi connectivity index (χ1v) is 4.86. The number of hydrogen-bond donors (Lipinski definition) is 0. The van der Waals surface area contributed by atoms with Crippen LogP contribution in [0.2, 0.25) is 0 Å². The van der Waals surface area contributed by atoms with Crippen LogP contribution in [0.25, 0.3) is 10.2 Å². The predicted molar refractivity (Wildman–Crippen MR) is 52.6 cm³/mol. The second-order valence-corrected chi connectivity index (χ2v) is 3.79. The van der Waals surface area contributed by atoms with Gasteiger partial charge in [-0.25, -0.2) is 0 Å². The molecule has 0 aliphatic rings. The van der Waals surface area contributed by atoms with Crippen molar-refractivity contribution in [3.63, 3.8) is 0 Å². The van der Waals surface area contributed by atoms with Crippen molar-refractivity contribution in [3.8, 4) is 0 Å². The van der Waals surface area contributed by atoms with E-state index < -0.39 is 0 Å². The molecule has 0 spiro atoms. The summed E-state index contributed by atoms with van der Waals surface area (Å²) < 4.78 is 7.52. The van der Waals surface area contributed by atoms with Crippen LogP contribution in [-0.2, 0) is 16.3 Å². The zero-order chi connectivity index (χ0) is 9.97. The fourth-order valence-corrected chi connectivity index (χ4v) is 2.21. The number of aromatic nitrogens is 1. The molecule has 2 rings (SSSR count). The van der Waals surface area contributed by atoms with Gasteiger partial charge in [0.05, 0.1) is 6.92 Å². The molecule has 1 aromatic carbocycles. The number of nitrogens with zero attached hydrogens (tertiary/aromatic N) is 1. The molecule has 0 fully saturated rings. The summed E-state index contributed by atoms with van der Waals surface area (Å²) in [6, 6.07) is 7.79. The minimum absolute atomic E-state index is 0.166. The third-order valence-corrected chi connectivity index (χ3v) is 2.90. The number of ether oxygens (including phenoxy) is 1. The number of hydrogen-bond acceptors (Lipinski definition) is 3. The van der Waals surface area contributed by atoms with Crippen molar-refractivity contribution in [2.24, 2.45) is 0 Å². The fourth-order valence-electron chi connectivity index (χ4n) is 1.29. The van der Waals surface area contributed by atoms with E-state index in [1.807, 2.05) is 24.3 Å². The second kappa shape index (κ2) is 3.75. The molecule has 14 heavy (non-hydrogen) atoms. The van der Waals surface area contributed by atoms with E-state index in [4.69, 9.17) is 6.92 Å². The molecule has 0 bridgehead atoms. The van der Waals surface area contributed by atoms with Crippen LogP contribution in [0.5, 0.6) is 0 Å². The maximum absolute atomic E-state index is 10.1. The zero-order valence-electron chi connectivity index (χ0n) is 7.34. The summed E-state index contributed by atoms with van der Waals surface area (Å²) in [4.78, 5) is 10.1. The van der Waals surface area contributed by atoms with Gasteiger partial charge in [0.1, 0.15) is 4.70 Å². The standard InChI is InChI=1S/C10H8NO2S/c1-8-11(6-13-7-12)9-4-2-3-5-10(9)14-8/h1-5,7H,6H2/q+1.